The highest BCUT2D eigenvalue weighted by molar-refractivity contribution is 8.02. The van der Waals surface area contributed by atoms with Gasteiger partial charge in [0.15, 0.2) is 0 Å². The van der Waals surface area contributed by atoms with Crippen LogP contribution in [0, 0.1) is 6.28 Å². The molecule has 136 valence electrons. The van der Waals surface area contributed by atoms with E-state index < -0.39 is 0 Å². The van der Waals surface area contributed by atoms with Crippen molar-refractivity contribution < 1.29 is 19.1 Å². The highest BCUT2D eigenvalue weighted by Crippen LogP contribution is 2.37. The molecule has 0 aliphatic carbocycles. The van der Waals surface area contributed by atoms with Crippen LogP contribution >= 0.6 is 93.3 Å². The third kappa shape index (κ3) is 6.09. The van der Waals surface area contributed by atoms with Crippen LogP contribution in [0.25, 0.3) is 0 Å². The van der Waals surface area contributed by atoms with Gasteiger partial charge in [0.05, 0.1) is 22.6 Å². The summed E-state index contributed by atoms with van der Waals surface area (Å²) in [6.07, 6.45) is 0.918. The quantitative estimate of drug-likeness (QED) is 0.187. The molecule has 0 amide bonds. The maximum atomic E-state index is 11.7. The van der Waals surface area contributed by atoms with E-state index in [9.17, 15) is 9.59 Å². The van der Waals surface area contributed by atoms with Gasteiger partial charge in [-0.1, -0.05) is 24.4 Å². The Labute approximate surface area is 179 Å². The molecule has 0 aliphatic rings. The minimum atomic E-state index is -0.338. The van der Waals surface area contributed by atoms with Crippen molar-refractivity contribution in [1.82, 2.24) is 0 Å². The van der Waals surface area contributed by atoms with Crippen LogP contribution in [0.5, 0.6) is 0 Å². The number of thioether (sulfide) groups is 2. The van der Waals surface area contributed by atoms with E-state index in [4.69, 9.17) is 33.9 Å². The van der Waals surface area contributed by atoms with Crippen molar-refractivity contribution in [2.75, 3.05) is 25.7 Å². The van der Waals surface area contributed by atoms with Crippen molar-refractivity contribution in [3.05, 3.63) is 16.0 Å². The van der Waals surface area contributed by atoms with Crippen LogP contribution in [0.2, 0.25) is 0 Å². The zero-order valence-electron chi connectivity index (χ0n) is 13.0. The standard InChI is InChI=1S/C13H12O4S8/c1-16-8(14)6-10(24-12(18)22-6)20-4-3-5-21-11-7(9(15)17-2)23-13(19)25-11/h3-5H2,1-2H3. The van der Waals surface area contributed by atoms with Gasteiger partial charge < -0.3 is 9.47 Å². The summed E-state index contributed by atoms with van der Waals surface area (Å²) in [6, 6.07) is 0. The molecule has 2 aromatic heterocycles. The molecule has 0 saturated carbocycles. The Morgan fingerprint density at radius 3 is 1.60 bits per heavy atom. The van der Waals surface area contributed by atoms with Gasteiger partial charge in [-0.25, -0.2) is 9.59 Å². The zero-order valence-corrected chi connectivity index (χ0v) is 19.6. The van der Waals surface area contributed by atoms with Gasteiger partial charge in [-0.15, -0.1) is 68.9 Å². The van der Waals surface area contributed by atoms with Crippen LogP contribution in [0.4, 0.5) is 0 Å². The molecule has 4 nitrogen and oxygen atoms in total. The van der Waals surface area contributed by atoms with Gasteiger partial charge in [-0.3, -0.25) is 0 Å². The SMILES string of the molecule is COC(=O)c1sc(=S)sc1SCCCSc1sc(=S)sc1C(=O)OC. The highest BCUT2D eigenvalue weighted by atomic mass is 32.2. The van der Waals surface area contributed by atoms with Crippen LogP contribution in [-0.4, -0.2) is 37.7 Å². The van der Waals surface area contributed by atoms with E-state index in [0.717, 1.165) is 32.6 Å². The monoisotopic (exact) mass is 488 g/mol. The van der Waals surface area contributed by atoms with Crippen LogP contribution in [-0.2, 0) is 9.47 Å². The van der Waals surface area contributed by atoms with Crippen LogP contribution in [0.1, 0.15) is 25.8 Å². The zero-order chi connectivity index (χ0) is 18.4. The number of hydrogen-bond acceptors (Lipinski definition) is 12. The van der Waals surface area contributed by atoms with E-state index in [2.05, 4.69) is 0 Å². The lowest BCUT2D eigenvalue weighted by molar-refractivity contribution is 0.0594. The maximum Gasteiger partial charge on any atom is 0.350 e. The number of hydrogen-bond donors (Lipinski definition) is 0. The third-order valence-corrected chi connectivity index (χ3v) is 10.8. The summed E-state index contributed by atoms with van der Waals surface area (Å²) in [7, 11) is 2.74. The number of ether oxygens (including phenoxy) is 2. The van der Waals surface area contributed by atoms with Crippen molar-refractivity contribution in [3.8, 4) is 0 Å². The molecule has 0 spiro atoms. The average Bonchev–Trinajstić information content (AvgIpc) is 3.15. The van der Waals surface area contributed by atoms with Crippen LogP contribution < -0.4 is 0 Å². The minimum absolute atomic E-state index is 0.338. The summed E-state index contributed by atoms with van der Waals surface area (Å²) in [4.78, 5) is 24.6. The fourth-order valence-corrected chi connectivity index (χ4v) is 10.1. The smallest absolute Gasteiger partial charge is 0.350 e. The predicted octanol–water partition coefficient (Wildman–Crippen LogP) is 6.24. The minimum Gasteiger partial charge on any atom is -0.465 e. The van der Waals surface area contributed by atoms with E-state index in [1.165, 1.54) is 59.6 Å². The summed E-state index contributed by atoms with van der Waals surface area (Å²) in [5, 5.41) is 0. The third-order valence-electron chi connectivity index (χ3n) is 2.59. The second kappa shape index (κ2) is 10.5. The molecule has 0 radical (unpaired) electrons. The molecule has 0 N–H and O–H groups in total. The fraction of sp³-hybridized carbons (Fsp3) is 0.385. The number of carbonyl (C=O) groups excluding carboxylic acids is 2. The Hall–Kier alpha value is 0.180. The van der Waals surface area contributed by atoms with E-state index in [0.29, 0.717) is 9.75 Å². The molecule has 0 bridgehead atoms. The van der Waals surface area contributed by atoms with Gasteiger partial charge >= 0.3 is 11.9 Å². The Kier molecular flexibility index (Phi) is 9.02. The fourth-order valence-electron chi connectivity index (χ4n) is 1.55. The number of esters is 2. The lowest BCUT2D eigenvalue weighted by Crippen LogP contribution is -1.99. The van der Waals surface area contributed by atoms with Crippen molar-refractivity contribution in [2.24, 2.45) is 0 Å². The van der Waals surface area contributed by atoms with Gasteiger partial charge in [-0.2, -0.15) is 0 Å². The lowest BCUT2D eigenvalue weighted by atomic mass is 10.6. The molecule has 2 heterocycles. The second-order valence-corrected chi connectivity index (χ2v) is 13.4. The van der Waals surface area contributed by atoms with Gasteiger partial charge in [0.2, 0.25) is 0 Å². The summed E-state index contributed by atoms with van der Waals surface area (Å²) in [5.74, 6) is 1.02. The Morgan fingerprint density at radius 2 is 1.24 bits per heavy atom. The van der Waals surface area contributed by atoms with Crippen LogP contribution in [0.15, 0.2) is 8.42 Å². The van der Waals surface area contributed by atoms with Gasteiger partial charge in [0, 0.05) is 0 Å². The molecule has 0 aliphatic heterocycles. The summed E-state index contributed by atoms with van der Waals surface area (Å²) >= 11 is 19.0. The largest absolute Gasteiger partial charge is 0.465 e. The van der Waals surface area contributed by atoms with Gasteiger partial charge in [0.1, 0.15) is 16.0 Å². The number of carbonyl (C=O) groups is 2. The first-order chi connectivity index (χ1) is 12.0. The van der Waals surface area contributed by atoms with Crippen molar-refractivity contribution in [3.63, 3.8) is 0 Å². The number of rotatable bonds is 8. The molecule has 25 heavy (non-hydrogen) atoms. The van der Waals surface area contributed by atoms with Gasteiger partial charge in [0.25, 0.3) is 0 Å². The lowest BCUT2D eigenvalue weighted by Gasteiger charge is -2.02. The molecule has 2 rings (SSSR count). The maximum absolute atomic E-state index is 11.7. The first kappa shape index (κ1) is 21.5. The molecule has 0 saturated heterocycles. The molecule has 0 fully saturated rings. The van der Waals surface area contributed by atoms with Gasteiger partial charge in [-0.05, 0) is 17.9 Å². The Bertz CT molecular complexity index is 788. The van der Waals surface area contributed by atoms with Crippen LogP contribution in [0.3, 0.4) is 0 Å². The average molecular weight is 489 g/mol. The normalized spacial score (nSPS) is 10.6. The summed E-state index contributed by atoms with van der Waals surface area (Å²) < 4.78 is 12.8. The molecule has 0 unspecified atom stereocenters. The molecule has 0 atom stereocenters. The van der Waals surface area contributed by atoms with E-state index in [1.54, 1.807) is 23.5 Å². The van der Waals surface area contributed by atoms with E-state index in [-0.39, 0.29) is 11.9 Å². The summed E-state index contributed by atoms with van der Waals surface area (Å²) in [6.45, 7) is 0. The predicted molar refractivity (Wildman–Crippen MR) is 115 cm³/mol. The topological polar surface area (TPSA) is 52.6 Å². The molecular formula is C13H12O4S8. The van der Waals surface area contributed by atoms with E-state index in [1.807, 2.05) is 0 Å². The Balaban J connectivity index is 1.87. The number of methoxy groups -OCH3 is 2. The van der Waals surface area contributed by atoms with Crippen molar-refractivity contribution in [1.29, 1.82) is 0 Å². The second-order valence-electron chi connectivity index (χ2n) is 4.18. The summed E-state index contributed by atoms with van der Waals surface area (Å²) in [5.41, 5.74) is 0. The van der Waals surface area contributed by atoms with Crippen molar-refractivity contribution >= 4 is 105 Å². The molecular weight excluding hydrogens is 477 g/mol. The first-order valence-electron chi connectivity index (χ1n) is 6.66. The van der Waals surface area contributed by atoms with Crippen molar-refractivity contribution in [2.45, 2.75) is 14.8 Å². The molecule has 2 aromatic rings. The molecule has 0 aromatic carbocycles. The highest BCUT2D eigenvalue weighted by Gasteiger charge is 2.18. The molecule has 12 heteroatoms. The Morgan fingerprint density at radius 1 is 0.840 bits per heavy atom. The first-order valence-corrected chi connectivity index (χ1v) is 12.7. The van der Waals surface area contributed by atoms with E-state index >= 15 is 0 Å².